The maximum atomic E-state index is 13.1. The van der Waals surface area contributed by atoms with Crippen LogP contribution in [0.1, 0.15) is 29.7 Å². The normalized spacial score (nSPS) is 13.4. The molecule has 2 aromatic rings. The molecular weight excluding hydrogens is 351 g/mol. The molecule has 2 rings (SSSR count). The van der Waals surface area contributed by atoms with E-state index in [1.165, 1.54) is 23.5 Å². The van der Waals surface area contributed by atoms with Gasteiger partial charge in [0.25, 0.3) is 0 Å². The molecule has 0 spiro atoms. The zero-order chi connectivity index (χ0) is 14.8. The highest BCUT2D eigenvalue weighted by atomic mass is 79.9. The average Bonchev–Trinajstić information content (AvgIpc) is 2.81. The first-order valence-corrected chi connectivity index (χ1v) is 7.74. The summed E-state index contributed by atoms with van der Waals surface area (Å²) in [6.07, 6.45) is -4.35. The molecule has 0 fully saturated rings. The maximum absolute atomic E-state index is 13.1. The van der Waals surface area contributed by atoms with Crippen molar-refractivity contribution in [2.75, 3.05) is 6.54 Å². The van der Waals surface area contributed by atoms with Crippen LogP contribution in [0.15, 0.2) is 39.5 Å². The van der Waals surface area contributed by atoms with Crippen molar-refractivity contribution >= 4 is 27.3 Å². The molecule has 0 aliphatic rings. The van der Waals surface area contributed by atoms with E-state index in [2.05, 4.69) is 21.2 Å². The maximum Gasteiger partial charge on any atom is 0.416 e. The molecule has 1 atom stereocenters. The summed E-state index contributed by atoms with van der Waals surface area (Å²) in [5, 5.41) is 4.99. The summed E-state index contributed by atoms with van der Waals surface area (Å²) in [7, 11) is 0. The Labute approximate surface area is 128 Å². The van der Waals surface area contributed by atoms with Gasteiger partial charge in [-0.25, -0.2) is 0 Å². The summed E-state index contributed by atoms with van der Waals surface area (Å²) < 4.78 is 40.3. The van der Waals surface area contributed by atoms with Crippen molar-refractivity contribution in [1.29, 1.82) is 0 Å². The molecule has 6 heteroatoms. The van der Waals surface area contributed by atoms with Crippen LogP contribution in [0, 0.1) is 0 Å². The predicted molar refractivity (Wildman–Crippen MR) is 79.0 cm³/mol. The van der Waals surface area contributed by atoms with Gasteiger partial charge in [0, 0.05) is 0 Å². The minimum Gasteiger partial charge on any atom is -0.306 e. The van der Waals surface area contributed by atoms with E-state index in [-0.39, 0.29) is 5.56 Å². The van der Waals surface area contributed by atoms with E-state index < -0.39 is 17.8 Å². The first-order chi connectivity index (χ1) is 9.43. The summed E-state index contributed by atoms with van der Waals surface area (Å²) in [5.74, 6) is 0. The monoisotopic (exact) mass is 363 g/mol. The van der Waals surface area contributed by atoms with E-state index in [0.717, 1.165) is 15.4 Å². The number of alkyl halides is 3. The van der Waals surface area contributed by atoms with Crippen LogP contribution in [0.25, 0.3) is 0 Å². The molecule has 1 unspecified atom stereocenters. The molecule has 0 radical (unpaired) electrons. The molecule has 1 aromatic carbocycles. The third kappa shape index (κ3) is 3.42. The van der Waals surface area contributed by atoms with Crippen LogP contribution in [0.5, 0.6) is 0 Å². The largest absolute Gasteiger partial charge is 0.416 e. The van der Waals surface area contributed by atoms with E-state index in [4.69, 9.17) is 0 Å². The minimum absolute atomic E-state index is 0.257. The molecule has 0 bridgehead atoms. The molecular formula is C14H13BrF3NS. The molecule has 1 nitrogen and oxygen atoms in total. The Kier molecular flexibility index (Phi) is 4.88. The van der Waals surface area contributed by atoms with Crippen LogP contribution in [0.3, 0.4) is 0 Å². The molecule has 20 heavy (non-hydrogen) atoms. The van der Waals surface area contributed by atoms with Gasteiger partial charge in [-0.05, 0) is 51.1 Å². The molecule has 1 aromatic heterocycles. The number of rotatable bonds is 4. The smallest absolute Gasteiger partial charge is 0.306 e. The molecule has 108 valence electrons. The van der Waals surface area contributed by atoms with Crippen molar-refractivity contribution in [3.63, 3.8) is 0 Å². The summed E-state index contributed by atoms with van der Waals surface area (Å²) in [6, 6.07) is 7.10. The number of thiophene rings is 1. The predicted octanol–water partition coefficient (Wildman–Crippen LogP) is 5.23. The van der Waals surface area contributed by atoms with Gasteiger partial charge in [-0.15, -0.1) is 11.3 Å². The second kappa shape index (κ2) is 6.28. The van der Waals surface area contributed by atoms with E-state index >= 15 is 0 Å². The van der Waals surface area contributed by atoms with E-state index in [1.54, 1.807) is 6.07 Å². The number of nitrogens with one attached hydrogen (secondary N) is 1. The van der Waals surface area contributed by atoms with Gasteiger partial charge in [-0.2, -0.15) is 13.2 Å². The molecule has 0 saturated carbocycles. The Morgan fingerprint density at radius 1 is 1.30 bits per heavy atom. The van der Waals surface area contributed by atoms with Crippen molar-refractivity contribution in [3.8, 4) is 0 Å². The van der Waals surface area contributed by atoms with Crippen LogP contribution in [0.2, 0.25) is 0 Å². The quantitative estimate of drug-likeness (QED) is 0.784. The van der Waals surface area contributed by atoms with Gasteiger partial charge >= 0.3 is 6.18 Å². The first-order valence-electron chi connectivity index (χ1n) is 6.07. The Morgan fingerprint density at radius 2 is 2.00 bits per heavy atom. The standard InChI is InChI=1S/C14H13BrF3NS/c1-2-19-13(9-7-12(15)20-8-9)10-5-3-4-6-11(10)14(16,17)18/h3-8,13,19H,2H2,1H3. The fraction of sp³-hybridized carbons (Fsp3) is 0.286. The minimum atomic E-state index is -4.35. The van der Waals surface area contributed by atoms with Crippen LogP contribution in [0.4, 0.5) is 13.2 Å². The molecule has 0 aliphatic carbocycles. The summed E-state index contributed by atoms with van der Waals surface area (Å²) in [6.45, 7) is 2.47. The zero-order valence-corrected chi connectivity index (χ0v) is 13.1. The van der Waals surface area contributed by atoms with Gasteiger partial charge in [-0.3, -0.25) is 0 Å². The Hall–Kier alpha value is -0.850. The van der Waals surface area contributed by atoms with Gasteiger partial charge in [0.05, 0.1) is 15.4 Å². The van der Waals surface area contributed by atoms with Crippen LogP contribution in [-0.2, 0) is 6.18 Å². The Morgan fingerprint density at radius 3 is 2.55 bits per heavy atom. The molecule has 0 saturated heterocycles. The number of hydrogen-bond donors (Lipinski definition) is 1. The van der Waals surface area contributed by atoms with Gasteiger partial charge in [-0.1, -0.05) is 25.1 Å². The van der Waals surface area contributed by atoms with E-state index in [0.29, 0.717) is 6.54 Å². The lowest BCUT2D eigenvalue weighted by molar-refractivity contribution is -0.138. The van der Waals surface area contributed by atoms with Crippen LogP contribution >= 0.6 is 27.3 Å². The van der Waals surface area contributed by atoms with E-state index in [9.17, 15) is 13.2 Å². The summed E-state index contributed by atoms with van der Waals surface area (Å²) in [5.41, 5.74) is 0.501. The third-order valence-electron chi connectivity index (χ3n) is 2.91. The van der Waals surface area contributed by atoms with Crippen molar-refractivity contribution in [3.05, 3.63) is 56.2 Å². The van der Waals surface area contributed by atoms with Gasteiger partial charge in [0.2, 0.25) is 0 Å². The Bertz CT molecular complexity index is 580. The number of hydrogen-bond acceptors (Lipinski definition) is 2. The fourth-order valence-electron chi connectivity index (χ4n) is 2.09. The lowest BCUT2D eigenvalue weighted by Crippen LogP contribution is -2.24. The molecule has 1 N–H and O–H groups in total. The lowest BCUT2D eigenvalue weighted by Gasteiger charge is -2.21. The molecule has 0 aliphatic heterocycles. The van der Waals surface area contributed by atoms with Gasteiger partial charge in [0.1, 0.15) is 0 Å². The fourth-order valence-corrected chi connectivity index (χ4v) is 3.29. The second-order valence-electron chi connectivity index (χ2n) is 4.26. The highest BCUT2D eigenvalue weighted by Crippen LogP contribution is 2.37. The molecule has 1 heterocycles. The summed E-state index contributed by atoms with van der Waals surface area (Å²) in [4.78, 5) is 0. The van der Waals surface area contributed by atoms with Crippen molar-refractivity contribution in [2.24, 2.45) is 0 Å². The van der Waals surface area contributed by atoms with E-state index in [1.807, 2.05) is 18.4 Å². The SMILES string of the molecule is CCNC(c1csc(Br)c1)c1ccccc1C(F)(F)F. The first kappa shape index (κ1) is 15.5. The van der Waals surface area contributed by atoms with Crippen LogP contribution < -0.4 is 5.32 Å². The second-order valence-corrected chi connectivity index (χ2v) is 6.55. The Balaban J connectivity index is 2.50. The van der Waals surface area contributed by atoms with Crippen molar-refractivity contribution in [1.82, 2.24) is 5.32 Å². The van der Waals surface area contributed by atoms with Crippen LogP contribution in [-0.4, -0.2) is 6.54 Å². The average molecular weight is 364 g/mol. The molecule has 0 amide bonds. The zero-order valence-electron chi connectivity index (χ0n) is 10.7. The van der Waals surface area contributed by atoms with Crippen molar-refractivity contribution in [2.45, 2.75) is 19.1 Å². The van der Waals surface area contributed by atoms with Crippen molar-refractivity contribution < 1.29 is 13.2 Å². The lowest BCUT2D eigenvalue weighted by atomic mass is 9.96. The highest BCUT2D eigenvalue weighted by Gasteiger charge is 2.35. The summed E-state index contributed by atoms with van der Waals surface area (Å²) >= 11 is 4.81. The number of benzene rings is 1. The van der Waals surface area contributed by atoms with Gasteiger partial charge < -0.3 is 5.32 Å². The van der Waals surface area contributed by atoms with Gasteiger partial charge in [0.15, 0.2) is 0 Å². The topological polar surface area (TPSA) is 12.0 Å². The number of halogens is 4. The third-order valence-corrected chi connectivity index (χ3v) is 4.43. The highest BCUT2D eigenvalue weighted by molar-refractivity contribution is 9.11.